The summed E-state index contributed by atoms with van der Waals surface area (Å²) in [6, 6.07) is 65.8. The fourth-order valence-corrected chi connectivity index (χ4v) is 7.96. The minimum absolute atomic E-state index is 0.624. The van der Waals surface area contributed by atoms with Crippen molar-refractivity contribution in [3.8, 4) is 56.4 Å². The van der Waals surface area contributed by atoms with E-state index in [-0.39, 0.29) is 0 Å². The summed E-state index contributed by atoms with van der Waals surface area (Å²) in [5.41, 5.74) is 9.15. The minimum atomic E-state index is 0.624. The molecule has 9 aromatic carbocycles. The number of benzene rings is 9. The Labute approximate surface area is 317 Å². The summed E-state index contributed by atoms with van der Waals surface area (Å²) in [7, 11) is 0. The van der Waals surface area contributed by atoms with Crippen molar-refractivity contribution in [1.82, 2.24) is 15.0 Å². The predicted octanol–water partition coefficient (Wildman–Crippen LogP) is 13.6. The first-order valence-electron chi connectivity index (χ1n) is 18.5. The normalized spacial score (nSPS) is 11.6. The van der Waals surface area contributed by atoms with Crippen LogP contribution in [0.25, 0.3) is 111 Å². The van der Waals surface area contributed by atoms with Crippen LogP contribution in [-0.2, 0) is 0 Å². The molecule has 55 heavy (non-hydrogen) atoms. The van der Waals surface area contributed by atoms with Gasteiger partial charge in [-0.05, 0) is 73.5 Å². The van der Waals surface area contributed by atoms with E-state index in [1.165, 1.54) is 27.3 Å². The number of furan rings is 1. The van der Waals surface area contributed by atoms with Gasteiger partial charge >= 0.3 is 0 Å². The third-order valence-electron chi connectivity index (χ3n) is 10.7. The SMILES string of the molecule is c1ccc(-c2cc3c(oc4cccc(-c5ccc(-c6nc(-c7ccc8ccccc8c7)nc(-c7ccc8ccccc8c7)n6)cc5)c43)c3ccccc23)cc1. The molecule has 0 unspecified atom stereocenters. The summed E-state index contributed by atoms with van der Waals surface area (Å²) in [5.74, 6) is 1.90. The molecule has 11 aromatic rings. The van der Waals surface area contributed by atoms with Gasteiger partial charge in [-0.1, -0.05) is 164 Å². The standard InChI is InChI=1S/C51H31N3O/c1-2-13-34(14-3-1)44-31-45-47-41(19-10-20-46(47)55-48(45)43-18-9-8-17-42(43)44)35-23-25-36(26-24-35)49-52-50(39-27-21-32-11-4-6-15-37(32)29-39)54-51(53-49)40-28-22-33-12-5-7-16-38(33)30-40/h1-31H. The Balaban J connectivity index is 1.06. The van der Waals surface area contributed by atoms with Crippen LogP contribution in [0.1, 0.15) is 0 Å². The zero-order valence-corrected chi connectivity index (χ0v) is 29.6. The number of rotatable bonds is 5. The first-order chi connectivity index (χ1) is 27.2. The minimum Gasteiger partial charge on any atom is -0.455 e. The topological polar surface area (TPSA) is 51.8 Å². The van der Waals surface area contributed by atoms with Crippen LogP contribution in [0.2, 0.25) is 0 Å². The number of hydrogen-bond acceptors (Lipinski definition) is 4. The molecule has 0 amide bonds. The molecule has 11 rings (SSSR count). The van der Waals surface area contributed by atoms with Crippen LogP contribution in [0.5, 0.6) is 0 Å². The van der Waals surface area contributed by atoms with Gasteiger partial charge in [0.05, 0.1) is 0 Å². The molecule has 4 nitrogen and oxygen atoms in total. The maximum Gasteiger partial charge on any atom is 0.164 e. The van der Waals surface area contributed by atoms with E-state index < -0.39 is 0 Å². The number of fused-ring (bicyclic) bond motifs is 7. The number of aromatic nitrogens is 3. The van der Waals surface area contributed by atoms with Crippen molar-refractivity contribution in [1.29, 1.82) is 0 Å². The molecule has 0 saturated heterocycles. The summed E-state index contributed by atoms with van der Waals surface area (Å²) >= 11 is 0. The Kier molecular flexibility index (Phi) is 7.14. The van der Waals surface area contributed by atoms with E-state index >= 15 is 0 Å². The molecule has 0 aliphatic heterocycles. The smallest absolute Gasteiger partial charge is 0.164 e. The Bertz CT molecular complexity index is 3160. The molecule has 2 aromatic heterocycles. The van der Waals surface area contributed by atoms with Gasteiger partial charge in [-0.25, -0.2) is 15.0 Å². The third-order valence-corrected chi connectivity index (χ3v) is 10.7. The maximum absolute atomic E-state index is 6.65. The fourth-order valence-electron chi connectivity index (χ4n) is 7.96. The lowest BCUT2D eigenvalue weighted by Crippen LogP contribution is -2.00. The average Bonchev–Trinajstić information content (AvgIpc) is 3.65. The predicted molar refractivity (Wildman–Crippen MR) is 227 cm³/mol. The van der Waals surface area contributed by atoms with Crippen LogP contribution in [0.4, 0.5) is 0 Å². The van der Waals surface area contributed by atoms with Crippen molar-refractivity contribution in [2.24, 2.45) is 0 Å². The second kappa shape index (κ2) is 12.6. The van der Waals surface area contributed by atoms with E-state index in [9.17, 15) is 0 Å². The lowest BCUT2D eigenvalue weighted by molar-refractivity contribution is 0.673. The Morgan fingerprint density at radius 1 is 0.309 bits per heavy atom. The van der Waals surface area contributed by atoms with Crippen molar-refractivity contribution >= 4 is 54.3 Å². The molecule has 0 radical (unpaired) electrons. The molecule has 0 spiro atoms. The monoisotopic (exact) mass is 701 g/mol. The van der Waals surface area contributed by atoms with E-state index in [0.29, 0.717) is 17.5 Å². The van der Waals surface area contributed by atoms with Crippen molar-refractivity contribution < 1.29 is 4.42 Å². The molecule has 0 N–H and O–H groups in total. The quantitative estimate of drug-likeness (QED) is 0.179. The Hall–Kier alpha value is -7.43. The van der Waals surface area contributed by atoms with Crippen LogP contribution >= 0.6 is 0 Å². The van der Waals surface area contributed by atoms with E-state index in [2.05, 4.69) is 188 Å². The largest absolute Gasteiger partial charge is 0.455 e. The average molecular weight is 702 g/mol. The summed E-state index contributed by atoms with van der Waals surface area (Å²) in [6.45, 7) is 0. The van der Waals surface area contributed by atoms with Gasteiger partial charge in [-0.2, -0.15) is 0 Å². The molecule has 4 heteroatoms. The molecule has 0 atom stereocenters. The van der Waals surface area contributed by atoms with Gasteiger partial charge < -0.3 is 4.42 Å². The molecule has 0 saturated carbocycles. The highest BCUT2D eigenvalue weighted by Crippen LogP contribution is 2.43. The van der Waals surface area contributed by atoms with Crippen LogP contribution in [-0.4, -0.2) is 15.0 Å². The summed E-state index contributed by atoms with van der Waals surface area (Å²) in [5, 5.41) is 9.12. The molecule has 0 bridgehead atoms. The molecule has 2 heterocycles. The van der Waals surface area contributed by atoms with Crippen LogP contribution < -0.4 is 0 Å². The van der Waals surface area contributed by atoms with Crippen LogP contribution in [0.3, 0.4) is 0 Å². The first-order valence-corrected chi connectivity index (χ1v) is 18.5. The summed E-state index contributed by atoms with van der Waals surface area (Å²) in [4.78, 5) is 15.2. The highest BCUT2D eigenvalue weighted by Gasteiger charge is 2.19. The highest BCUT2D eigenvalue weighted by molar-refractivity contribution is 6.22. The lowest BCUT2D eigenvalue weighted by Gasteiger charge is -2.11. The number of nitrogens with zero attached hydrogens (tertiary/aromatic N) is 3. The molecular formula is C51H31N3O. The van der Waals surface area contributed by atoms with Gasteiger partial charge in [-0.15, -0.1) is 0 Å². The second-order valence-corrected chi connectivity index (χ2v) is 14.0. The van der Waals surface area contributed by atoms with Crippen LogP contribution in [0.15, 0.2) is 192 Å². The molecule has 0 aliphatic carbocycles. The van der Waals surface area contributed by atoms with E-state index in [1.807, 2.05) is 0 Å². The lowest BCUT2D eigenvalue weighted by atomic mass is 9.93. The van der Waals surface area contributed by atoms with Crippen molar-refractivity contribution in [3.63, 3.8) is 0 Å². The Morgan fingerprint density at radius 2 is 0.818 bits per heavy atom. The fraction of sp³-hybridized carbons (Fsp3) is 0. The van der Waals surface area contributed by atoms with Crippen molar-refractivity contribution in [2.45, 2.75) is 0 Å². The molecule has 0 fully saturated rings. The van der Waals surface area contributed by atoms with E-state index in [4.69, 9.17) is 19.4 Å². The van der Waals surface area contributed by atoms with Crippen molar-refractivity contribution in [2.75, 3.05) is 0 Å². The van der Waals surface area contributed by atoms with Gasteiger partial charge in [-0.3, -0.25) is 0 Å². The van der Waals surface area contributed by atoms with Gasteiger partial charge in [0.1, 0.15) is 11.2 Å². The summed E-state index contributed by atoms with van der Waals surface area (Å²) in [6.07, 6.45) is 0. The zero-order valence-electron chi connectivity index (χ0n) is 29.6. The zero-order chi connectivity index (χ0) is 36.3. The van der Waals surface area contributed by atoms with Gasteiger partial charge in [0, 0.05) is 32.8 Å². The Morgan fingerprint density at radius 3 is 1.47 bits per heavy atom. The second-order valence-electron chi connectivity index (χ2n) is 14.0. The third kappa shape index (κ3) is 5.34. The molecular weight excluding hydrogens is 671 g/mol. The van der Waals surface area contributed by atoms with Crippen LogP contribution in [0, 0.1) is 0 Å². The van der Waals surface area contributed by atoms with Gasteiger partial charge in [0.25, 0.3) is 0 Å². The highest BCUT2D eigenvalue weighted by atomic mass is 16.3. The van der Waals surface area contributed by atoms with Gasteiger partial charge in [0.2, 0.25) is 0 Å². The first kappa shape index (κ1) is 31.1. The van der Waals surface area contributed by atoms with Gasteiger partial charge in [0.15, 0.2) is 17.5 Å². The summed E-state index contributed by atoms with van der Waals surface area (Å²) < 4.78 is 6.65. The molecule has 0 aliphatic rings. The maximum atomic E-state index is 6.65. The van der Waals surface area contributed by atoms with E-state index in [0.717, 1.165) is 65.9 Å². The number of hydrogen-bond donors (Lipinski definition) is 0. The van der Waals surface area contributed by atoms with E-state index in [1.54, 1.807) is 0 Å². The van der Waals surface area contributed by atoms with Crippen molar-refractivity contribution in [3.05, 3.63) is 188 Å². The molecule has 256 valence electrons.